The van der Waals surface area contributed by atoms with Gasteiger partial charge in [0.1, 0.15) is 11.6 Å². The van der Waals surface area contributed by atoms with Crippen LogP contribution in [0.25, 0.3) is 16.5 Å². The van der Waals surface area contributed by atoms with Gasteiger partial charge in [-0.15, -0.1) is 0 Å². The molecule has 3 amide bonds. The number of nitrogens with zero attached hydrogens (tertiary/aromatic N) is 2. The predicted molar refractivity (Wildman–Crippen MR) is 148 cm³/mol. The molecule has 4 aromatic rings. The lowest BCUT2D eigenvalue weighted by Crippen LogP contribution is -2.34. The highest BCUT2D eigenvalue weighted by Crippen LogP contribution is 2.27. The van der Waals surface area contributed by atoms with Gasteiger partial charge < -0.3 is 20.8 Å². The topological polar surface area (TPSA) is 129 Å². The third-order valence-corrected chi connectivity index (χ3v) is 6.30. The van der Waals surface area contributed by atoms with Crippen LogP contribution in [0, 0.1) is 17.5 Å². The van der Waals surface area contributed by atoms with E-state index in [4.69, 9.17) is 5.11 Å². The predicted octanol–water partition coefficient (Wildman–Crippen LogP) is 4.44. The number of anilines is 2. The Bertz CT molecular complexity index is 1560. The molecule has 3 aromatic carbocycles. The van der Waals surface area contributed by atoms with Crippen molar-refractivity contribution in [2.75, 3.05) is 23.8 Å². The molecule has 0 aliphatic carbocycles. The summed E-state index contributed by atoms with van der Waals surface area (Å²) in [5, 5.41) is 32.1. The van der Waals surface area contributed by atoms with Crippen LogP contribution in [0.5, 0.6) is 0 Å². The van der Waals surface area contributed by atoms with Crippen LogP contribution in [0.4, 0.5) is 29.5 Å². The number of carbonyl (C=O) groups excluding carboxylic acids is 2. The maximum Gasteiger partial charge on any atom is 0.324 e. The largest absolute Gasteiger partial charge is 0.394 e. The molecular weight excluding hydrogens is 539 g/mol. The summed E-state index contributed by atoms with van der Waals surface area (Å²) in [6.45, 7) is 1.44. The first kappa shape index (κ1) is 29.6. The van der Waals surface area contributed by atoms with Crippen LogP contribution in [0.1, 0.15) is 31.0 Å². The summed E-state index contributed by atoms with van der Waals surface area (Å²) < 4.78 is 42.8. The molecule has 1 heterocycles. The normalized spacial score (nSPS) is 11.9. The maximum atomic E-state index is 14.1. The molecule has 0 bridgehead atoms. The Morgan fingerprint density at radius 3 is 2.59 bits per heavy atom. The van der Waals surface area contributed by atoms with Crippen LogP contribution in [0.2, 0.25) is 0 Å². The van der Waals surface area contributed by atoms with Gasteiger partial charge in [0, 0.05) is 24.7 Å². The maximum absolute atomic E-state index is 14.1. The number of aliphatic hydroxyl groups excluding tert-OH is 2. The Labute approximate surface area is 234 Å². The summed E-state index contributed by atoms with van der Waals surface area (Å²) in [6, 6.07) is 12.7. The molecule has 216 valence electrons. The van der Waals surface area contributed by atoms with Crippen LogP contribution < -0.4 is 16.0 Å². The van der Waals surface area contributed by atoms with Crippen molar-refractivity contribution in [2.45, 2.75) is 38.7 Å². The molecule has 12 heteroatoms. The van der Waals surface area contributed by atoms with E-state index < -0.39 is 41.9 Å². The smallest absolute Gasteiger partial charge is 0.324 e. The Morgan fingerprint density at radius 1 is 1.05 bits per heavy atom. The number of amides is 3. The number of aryl methyl sites for hydroxylation is 1. The summed E-state index contributed by atoms with van der Waals surface area (Å²) in [6.07, 6.45) is 1.23. The number of carbonyl (C=O) groups is 2. The zero-order chi connectivity index (χ0) is 29.5. The third kappa shape index (κ3) is 7.41. The van der Waals surface area contributed by atoms with E-state index in [1.54, 1.807) is 12.1 Å². The van der Waals surface area contributed by atoms with Crippen molar-refractivity contribution >= 4 is 34.2 Å². The zero-order valence-corrected chi connectivity index (χ0v) is 22.3. The van der Waals surface area contributed by atoms with Crippen molar-refractivity contribution in [3.8, 4) is 5.69 Å². The first-order chi connectivity index (χ1) is 19.7. The fraction of sp³-hybridized carbons (Fsp3) is 0.276. The highest BCUT2D eigenvalue weighted by atomic mass is 19.2. The molecule has 5 N–H and O–H groups in total. The fourth-order valence-electron chi connectivity index (χ4n) is 4.29. The molecule has 0 fully saturated rings. The number of aromatic nitrogens is 2. The summed E-state index contributed by atoms with van der Waals surface area (Å²) in [5.41, 5.74) is 1.16. The molecule has 4 rings (SSSR count). The molecule has 0 aliphatic rings. The van der Waals surface area contributed by atoms with E-state index in [-0.39, 0.29) is 24.7 Å². The van der Waals surface area contributed by atoms with Crippen molar-refractivity contribution in [1.82, 2.24) is 15.1 Å². The van der Waals surface area contributed by atoms with Crippen molar-refractivity contribution in [2.24, 2.45) is 0 Å². The van der Waals surface area contributed by atoms with E-state index in [1.807, 2.05) is 37.3 Å². The monoisotopic (exact) mass is 569 g/mol. The average molecular weight is 570 g/mol. The summed E-state index contributed by atoms with van der Waals surface area (Å²) >= 11 is 0. The van der Waals surface area contributed by atoms with Gasteiger partial charge >= 0.3 is 6.03 Å². The number of rotatable bonds is 11. The second-order valence-corrected chi connectivity index (χ2v) is 9.51. The van der Waals surface area contributed by atoms with Crippen LogP contribution >= 0.6 is 0 Å². The highest BCUT2D eigenvalue weighted by molar-refractivity contribution is 5.99. The first-order valence-corrected chi connectivity index (χ1v) is 13.1. The Kier molecular flexibility index (Phi) is 9.58. The van der Waals surface area contributed by atoms with Crippen molar-refractivity contribution in [3.63, 3.8) is 0 Å². The quantitative estimate of drug-likeness (QED) is 0.171. The van der Waals surface area contributed by atoms with E-state index >= 15 is 0 Å². The fourth-order valence-corrected chi connectivity index (χ4v) is 4.29. The Morgan fingerprint density at radius 2 is 1.83 bits per heavy atom. The molecule has 41 heavy (non-hydrogen) atoms. The zero-order valence-electron chi connectivity index (χ0n) is 22.3. The van der Waals surface area contributed by atoms with Crippen molar-refractivity contribution < 1.29 is 33.0 Å². The standard InChI is InChI=1S/C29H30F3N5O4/c1-2-3-7-20-14-26(35-29(41)34-25-13-19(30)12-24(31)28(25)32)37(36-20)21-9-17-6-4-5-8-23(17)18(10-21)11-27(40)33-15-22(39)16-38/h4-6,8-10,12-14,22,38-39H,2-3,7,11,15-16H2,1H3,(H,33,40)(H2,34,35,41). The number of fused-ring (bicyclic) bond motifs is 1. The number of nitrogens with one attached hydrogen (secondary N) is 3. The first-order valence-electron chi connectivity index (χ1n) is 13.1. The van der Waals surface area contributed by atoms with Gasteiger partial charge in [-0.3, -0.25) is 10.1 Å². The minimum absolute atomic E-state index is 0.0376. The second kappa shape index (κ2) is 13.3. The van der Waals surface area contributed by atoms with Crippen LogP contribution in [-0.2, 0) is 17.6 Å². The third-order valence-electron chi connectivity index (χ3n) is 6.30. The molecule has 0 aliphatic heterocycles. The molecule has 0 saturated heterocycles. The van der Waals surface area contributed by atoms with E-state index in [9.17, 15) is 27.9 Å². The Hall–Kier alpha value is -4.42. The van der Waals surface area contributed by atoms with E-state index in [1.165, 1.54) is 4.68 Å². The van der Waals surface area contributed by atoms with E-state index in [2.05, 4.69) is 21.0 Å². The number of hydrogen-bond donors (Lipinski definition) is 5. The van der Waals surface area contributed by atoms with Gasteiger partial charge in [-0.1, -0.05) is 37.6 Å². The van der Waals surface area contributed by atoms with Gasteiger partial charge in [0.2, 0.25) is 5.91 Å². The molecule has 1 atom stereocenters. The molecule has 0 saturated carbocycles. The van der Waals surface area contributed by atoms with Crippen molar-refractivity contribution in [1.29, 1.82) is 0 Å². The molecule has 9 nitrogen and oxygen atoms in total. The van der Waals surface area contributed by atoms with Gasteiger partial charge in [-0.2, -0.15) is 5.10 Å². The molecular formula is C29H30F3N5O4. The lowest BCUT2D eigenvalue weighted by atomic mass is 10.0. The average Bonchev–Trinajstić information content (AvgIpc) is 3.35. The van der Waals surface area contributed by atoms with Crippen LogP contribution in [-0.4, -0.2) is 51.2 Å². The minimum Gasteiger partial charge on any atom is -0.394 e. The molecule has 1 aromatic heterocycles. The second-order valence-electron chi connectivity index (χ2n) is 9.51. The lowest BCUT2D eigenvalue weighted by molar-refractivity contribution is -0.121. The van der Waals surface area contributed by atoms with E-state index in [0.717, 1.165) is 23.6 Å². The van der Waals surface area contributed by atoms with Gasteiger partial charge in [0.15, 0.2) is 11.6 Å². The Balaban J connectivity index is 1.68. The lowest BCUT2D eigenvalue weighted by Gasteiger charge is -2.14. The number of aliphatic hydroxyl groups is 2. The van der Waals surface area contributed by atoms with Gasteiger partial charge in [-0.05, 0) is 41.3 Å². The van der Waals surface area contributed by atoms with Crippen LogP contribution in [0.3, 0.4) is 0 Å². The molecule has 0 spiro atoms. The minimum atomic E-state index is -1.44. The summed E-state index contributed by atoms with van der Waals surface area (Å²) in [7, 11) is 0. The number of hydrogen-bond acceptors (Lipinski definition) is 5. The number of benzene rings is 3. The van der Waals surface area contributed by atoms with Gasteiger partial charge in [-0.25, -0.2) is 22.6 Å². The highest BCUT2D eigenvalue weighted by Gasteiger charge is 2.18. The molecule has 0 radical (unpaired) electrons. The van der Waals surface area contributed by atoms with Gasteiger partial charge in [0.25, 0.3) is 0 Å². The molecule has 1 unspecified atom stereocenters. The van der Waals surface area contributed by atoms with E-state index in [0.29, 0.717) is 35.5 Å². The summed E-state index contributed by atoms with van der Waals surface area (Å²) in [5.74, 6) is -4.05. The summed E-state index contributed by atoms with van der Waals surface area (Å²) in [4.78, 5) is 25.4. The number of unbranched alkanes of at least 4 members (excludes halogenated alkanes) is 1. The van der Waals surface area contributed by atoms with Crippen LogP contribution in [0.15, 0.2) is 54.6 Å². The van der Waals surface area contributed by atoms with Gasteiger partial charge in [0.05, 0.1) is 36.2 Å². The van der Waals surface area contributed by atoms with Crippen molar-refractivity contribution in [3.05, 3.63) is 83.3 Å². The number of urea groups is 1. The SMILES string of the molecule is CCCCc1cc(NC(=O)Nc2cc(F)cc(F)c2F)n(-c2cc(CC(=O)NCC(O)CO)c3ccccc3c2)n1. The number of halogens is 3.